The molecule has 1 amide bonds. The van der Waals surface area contributed by atoms with E-state index in [2.05, 4.69) is 31.4 Å². The molecule has 1 aromatic heterocycles. The Morgan fingerprint density at radius 3 is 2.70 bits per heavy atom. The van der Waals surface area contributed by atoms with Crippen molar-refractivity contribution < 1.29 is 4.79 Å². The molecule has 144 valence electrons. The van der Waals surface area contributed by atoms with E-state index in [0.717, 1.165) is 35.4 Å². The summed E-state index contributed by atoms with van der Waals surface area (Å²) in [7, 11) is 0. The molecule has 0 saturated heterocycles. The molecule has 1 aliphatic heterocycles. The second-order valence-electron chi connectivity index (χ2n) is 8.21. The molecule has 0 fully saturated rings. The van der Waals surface area contributed by atoms with E-state index in [-0.39, 0.29) is 12.1 Å². The second kappa shape index (κ2) is 6.98. The third-order valence-corrected chi connectivity index (χ3v) is 8.26. The Morgan fingerprint density at radius 2 is 2.00 bits per heavy atom. The van der Waals surface area contributed by atoms with Crippen LogP contribution >= 0.6 is 34.5 Å². The van der Waals surface area contributed by atoms with Gasteiger partial charge in [-0.25, -0.2) is 0 Å². The molecule has 1 aliphatic carbocycles. The molecule has 0 saturated carbocycles. The second-order valence-corrected chi connectivity index (χ2v) is 10.1. The summed E-state index contributed by atoms with van der Waals surface area (Å²) in [5.74, 6) is 0.676. The highest BCUT2D eigenvalue weighted by Crippen LogP contribution is 2.47. The van der Waals surface area contributed by atoms with Gasteiger partial charge in [0.25, 0.3) is 5.91 Å². The van der Waals surface area contributed by atoms with Gasteiger partial charge in [0.05, 0.1) is 15.6 Å². The van der Waals surface area contributed by atoms with E-state index in [1.54, 1.807) is 23.5 Å². The van der Waals surface area contributed by atoms with Gasteiger partial charge in [-0.3, -0.25) is 4.79 Å². The molecule has 2 N–H and O–H groups in total. The maximum Gasteiger partial charge on any atom is 0.256 e. The summed E-state index contributed by atoms with van der Waals surface area (Å²) in [5, 5.41) is 8.57. The van der Waals surface area contributed by atoms with Gasteiger partial charge in [0.2, 0.25) is 0 Å². The van der Waals surface area contributed by atoms with Gasteiger partial charge in [-0.05, 0) is 53.9 Å². The highest BCUT2D eigenvalue weighted by molar-refractivity contribution is 7.16. The first-order valence-corrected chi connectivity index (χ1v) is 11.0. The number of carbonyl (C=O) groups excluding carboxylic acids is 1. The molecule has 0 bridgehead atoms. The van der Waals surface area contributed by atoms with Gasteiger partial charge in [0, 0.05) is 4.88 Å². The predicted molar refractivity (Wildman–Crippen MR) is 114 cm³/mol. The van der Waals surface area contributed by atoms with Crippen LogP contribution in [0, 0.1) is 11.3 Å². The van der Waals surface area contributed by atoms with Gasteiger partial charge in [-0.2, -0.15) is 0 Å². The molecule has 0 radical (unpaired) electrons. The zero-order chi connectivity index (χ0) is 19.3. The molecule has 2 heterocycles. The number of anilines is 1. The molecule has 2 aromatic rings. The Kier molecular flexibility index (Phi) is 4.94. The molecular formula is C21H24Cl2N2OS. The van der Waals surface area contributed by atoms with E-state index in [1.807, 2.05) is 6.07 Å². The van der Waals surface area contributed by atoms with Crippen LogP contribution in [0.5, 0.6) is 0 Å². The molecular weight excluding hydrogens is 399 g/mol. The van der Waals surface area contributed by atoms with Gasteiger partial charge in [-0.1, -0.05) is 56.5 Å². The maximum atomic E-state index is 12.9. The number of fused-ring (bicyclic) bond motifs is 3. The number of thiophene rings is 1. The largest absolute Gasteiger partial charge is 0.353 e. The van der Waals surface area contributed by atoms with Gasteiger partial charge in [0.1, 0.15) is 11.2 Å². The van der Waals surface area contributed by atoms with Crippen molar-refractivity contribution in [2.75, 3.05) is 5.32 Å². The van der Waals surface area contributed by atoms with Crippen molar-refractivity contribution in [1.29, 1.82) is 0 Å². The van der Waals surface area contributed by atoms with Crippen molar-refractivity contribution in [3.8, 4) is 0 Å². The van der Waals surface area contributed by atoms with Crippen molar-refractivity contribution in [3.63, 3.8) is 0 Å². The minimum Gasteiger partial charge on any atom is -0.353 e. The standard InChI is InChI=1S/C21H24Cl2N2OS/c1-4-21(2,3)12-6-7-13-16(10-12)27-20-17(13)19(26)24-18(25-20)11-5-8-14(22)15(23)9-11/h5,8-9,12,18,25H,4,6-7,10H2,1-3H3,(H,24,26)/t12-,18+/m0/s1. The summed E-state index contributed by atoms with van der Waals surface area (Å²) in [6, 6.07) is 5.46. The fourth-order valence-corrected chi connectivity index (χ4v) is 5.77. The molecule has 4 rings (SSSR count). The van der Waals surface area contributed by atoms with Crippen LogP contribution in [0.15, 0.2) is 18.2 Å². The molecule has 1 aromatic carbocycles. The van der Waals surface area contributed by atoms with E-state index < -0.39 is 0 Å². The van der Waals surface area contributed by atoms with Crippen LogP contribution in [-0.4, -0.2) is 5.91 Å². The minimum absolute atomic E-state index is 0.00511. The van der Waals surface area contributed by atoms with E-state index in [9.17, 15) is 4.79 Å². The number of hydrogen-bond acceptors (Lipinski definition) is 3. The average Bonchev–Trinajstić information content (AvgIpc) is 3.02. The lowest BCUT2D eigenvalue weighted by atomic mass is 9.69. The minimum atomic E-state index is -0.289. The van der Waals surface area contributed by atoms with E-state index in [4.69, 9.17) is 23.2 Å². The number of hydrogen-bond donors (Lipinski definition) is 2. The third kappa shape index (κ3) is 3.37. The van der Waals surface area contributed by atoms with E-state index in [0.29, 0.717) is 21.4 Å². The first-order chi connectivity index (χ1) is 12.8. The SMILES string of the molecule is CCC(C)(C)[C@H]1CCc2c(sc3c2C(=O)N[C@@H](c2ccc(Cl)c(Cl)c2)N3)C1. The Labute approximate surface area is 174 Å². The fourth-order valence-electron chi connectivity index (χ4n) is 4.11. The van der Waals surface area contributed by atoms with Crippen molar-refractivity contribution in [2.24, 2.45) is 11.3 Å². The number of carbonyl (C=O) groups is 1. The summed E-state index contributed by atoms with van der Waals surface area (Å²) in [4.78, 5) is 14.3. The van der Waals surface area contributed by atoms with Crippen LogP contribution in [-0.2, 0) is 12.8 Å². The zero-order valence-electron chi connectivity index (χ0n) is 15.8. The van der Waals surface area contributed by atoms with E-state index in [1.165, 1.54) is 16.9 Å². The lowest BCUT2D eigenvalue weighted by molar-refractivity contribution is 0.0934. The highest BCUT2D eigenvalue weighted by atomic mass is 35.5. The Balaban J connectivity index is 1.63. The number of amides is 1. The average molecular weight is 423 g/mol. The number of halogens is 2. The smallest absolute Gasteiger partial charge is 0.256 e. The van der Waals surface area contributed by atoms with E-state index >= 15 is 0 Å². The first kappa shape index (κ1) is 19.1. The Bertz CT molecular complexity index is 906. The Hall–Kier alpha value is -1.23. The van der Waals surface area contributed by atoms with Crippen molar-refractivity contribution >= 4 is 45.4 Å². The van der Waals surface area contributed by atoms with Crippen LogP contribution in [0.2, 0.25) is 10.0 Å². The molecule has 0 unspecified atom stereocenters. The quantitative estimate of drug-likeness (QED) is 0.596. The summed E-state index contributed by atoms with van der Waals surface area (Å²) < 4.78 is 0. The third-order valence-electron chi connectivity index (χ3n) is 6.34. The van der Waals surface area contributed by atoms with Gasteiger partial charge < -0.3 is 10.6 Å². The molecule has 6 heteroatoms. The van der Waals surface area contributed by atoms with Crippen molar-refractivity contribution in [1.82, 2.24) is 5.32 Å². The van der Waals surface area contributed by atoms with Crippen LogP contribution in [0.1, 0.15) is 66.1 Å². The van der Waals surface area contributed by atoms with Crippen molar-refractivity contribution in [2.45, 2.75) is 52.6 Å². The first-order valence-electron chi connectivity index (χ1n) is 9.47. The number of benzene rings is 1. The van der Waals surface area contributed by atoms with Gasteiger partial charge in [0.15, 0.2) is 0 Å². The molecule has 2 atom stereocenters. The molecule has 2 aliphatic rings. The van der Waals surface area contributed by atoms with Crippen LogP contribution in [0.3, 0.4) is 0 Å². The topological polar surface area (TPSA) is 41.1 Å². The molecule has 3 nitrogen and oxygen atoms in total. The lowest BCUT2D eigenvalue weighted by Crippen LogP contribution is -2.38. The lowest BCUT2D eigenvalue weighted by Gasteiger charge is -2.36. The van der Waals surface area contributed by atoms with Crippen LogP contribution in [0.25, 0.3) is 0 Å². The molecule has 27 heavy (non-hydrogen) atoms. The summed E-state index contributed by atoms with van der Waals surface area (Å²) in [6.07, 6.45) is 4.10. The Morgan fingerprint density at radius 1 is 1.22 bits per heavy atom. The number of rotatable bonds is 3. The zero-order valence-corrected chi connectivity index (χ0v) is 18.1. The normalized spacial score (nSPS) is 21.9. The monoisotopic (exact) mass is 422 g/mol. The van der Waals surface area contributed by atoms with Crippen LogP contribution < -0.4 is 10.6 Å². The summed E-state index contributed by atoms with van der Waals surface area (Å²) >= 11 is 13.9. The predicted octanol–water partition coefficient (Wildman–Crippen LogP) is 6.45. The maximum absolute atomic E-state index is 12.9. The fraction of sp³-hybridized carbons (Fsp3) is 0.476. The summed E-state index contributed by atoms with van der Waals surface area (Å²) in [5.41, 5.74) is 3.33. The van der Waals surface area contributed by atoms with Crippen molar-refractivity contribution in [3.05, 3.63) is 49.8 Å². The van der Waals surface area contributed by atoms with Gasteiger partial charge >= 0.3 is 0 Å². The molecule has 0 spiro atoms. The summed E-state index contributed by atoms with van der Waals surface area (Å²) in [6.45, 7) is 6.99. The number of nitrogens with one attached hydrogen (secondary N) is 2. The highest BCUT2D eigenvalue weighted by Gasteiger charge is 2.37. The van der Waals surface area contributed by atoms with Gasteiger partial charge in [-0.15, -0.1) is 11.3 Å². The van der Waals surface area contributed by atoms with Crippen LogP contribution in [0.4, 0.5) is 5.00 Å².